The lowest BCUT2D eigenvalue weighted by Gasteiger charge is -2.20. The molecule has 1 aliphatic heterocycles. The zero-order chi connectivity index (χ0) is 12.8. The van der Waals surface area contributed by atoms with Gasteiger partial charge >= 0.3 is 5.97 Å². The first-order valence-electron chi connectivity index (χ1n) is 5.33. The lowest BCUT2D eigenvalue weighted by atomic mass is 10.2. The number of β-amino-alcohol motifs (C(OH)–C–C–N with tert-alkyl or cyclic N) is 1. The molecule has 0 aromatic carbocycles. The average molecular weight is 263 g/mol. The van der Waals surface area contributed by atoms with Crippen molar-refractivity contribution < 1.29 is 24.5 Å². The average Bonchev–Trinajstić information content (AvgIpc) is 2.66. The maximum atomic E-state index is 11.8. The third-order valence-electron chi connectivity index (χ3n) is 2.54. The van der Waals surface area contributed by atoms with E-state index in [0.717, 1.165) is 0 Å². The summed E-state index contributed by atoms with van der Waals surface area (Å²) < 4.78 is 4.85. The number of likely N-dealkylation sites (tertiary alicyclic amines) is 1. The number of ether oxygens (including phenoxy) is 1. The first-order valence-corrected chi connectivity index (χ1v) is 6.48. The third-order valence-corrected chi connectivity index (χ3v) is 3.45. The van der Waals surface area contributed by atoms with Gasteiger partial charge in [0, 0.05) is 25.8 Å². The normalized spacial score (nSPS) is 24.0. The van der Waals surface area contributed by atoms with Gasteiger partial charge in [-0.2, -0.15) is 0 Å². The lowest BCUT2D eigenvalue weighted by Crippen LogP contribution is -2.41. The van der Waals surface area contributed by atoms with Crippen LogP contribution in [0, 0.1) is 0 Å². The number of aliphatic hydroxyl groups is 1. The molecule has 2 atom stereocenters. The van der Waals surface area contributed by atoms with Crippen molar-refractivity contribution in [2.75, 3.05) is 31.8 Å². The van der Waals surface area contributed by atoms with Gasteiger partial charge in [0.1, 0.15) is 6.04 Å². The van der Waals surface area contributed by atoms with E-state index in [1.165, 1.54) is 16.7 Å². The molecule has 1 rings (SSSR count). The number of nitrogens with zero attached hydrogens (tertiary/aromatic N) is 1. The maximum Gasteiger partial charge on any atom is 0.326 e. The Balaban J connectivity index is 2.41. The van der Waals surface area contributed by atoms with Gasteiger partial charge in [0.15, 0.2) is 0 Å². The monoisotopic (exact) mass is 263 g/mol. The van der Waals surface area contributed by atoms with Crippen LogP contribution in [0.4, 0.5) is 0 Å². The molecule has 0 radical (unpaired) electrons. The van der Waals surface area contributed by atoms with Crippen LogP contribution >= 0.6 is 11.8 Å². The fourth-order valence-corrected chi connectivity index (χ4v) is 2.48. The minimum atomic E-state index is -1.06. The number of rotatable bonds is 6. The van der Waals surface area contributed by atoms with Crippen molar-refractivity contribution in [1.82, 2.24) is 4.90 Å². The summed E-state index contributed by atoms with van der Waals surface area (Å²) in [5, 5.41) is 18.3. The molecule has 0 aromatic heterocycles. The van der Waals surface area contributed by atoms with Gasteiger partial charge in [0.05, 0.1) is 18.5 Å². The van der Waals surface area contributed by atoms with Crippen molar-refractivity contribution in [3.63, 3.8) is 0 Å². The summed E-state index contributed by atoms with van der Waals surface area (Å²) in [5.74, 6) is -0.386. The van der Waals surface area contributed by atoms with Crippen molar-refractivity contribution in [3.8, 4) is 0 Å². The first-order chi connectivity index (χ1) is 8.06. The summed E-state index contributed by atoms with van der Waals surface area (Å²) in [4.78, 5) is 23.9. The van der Waals surface area contributed by atoms with Crippen LogP contribution in [0.15, 0.2) is 0 Å². The van der Waals surface area contributed by atoms with E-state index in [4.69, 9.17) is 9.84 Å². The van der Waals surface area contributed by atoms with Gasteiger partial charge in [-0.25, -0.2) is 4.79 Å². The summed E-state index contributed by atoms with van der Waals surface area (Å²) >= 11 is 1.40. The predicted molar refractivity (Wildman–Crippen MR) is 63.0 cm³/mol. The van der Waals surface area contributed by atoms with Gasteiger partial charge in [-0.1, -0.05) is 0 Å². The molecule has 0 unspecified atom stereocenters. The van der Waals surface area contributed by atoms with E-state index in [1.807, 2.05) is 0 Å². The Morgan fingerprint density at radius 1 is 1.53 bits per heavy atom. The number of hydrogen-bond acceptors (Lipinski definition) is 5. The summed E-state index contributed by atoms with van der Waals surface area (Å²) in [6.07, 6.45) is -0.617. The van der Waals surface area contributed by atoms with Gasteiger partial charge in [-0.3, -0.25) is 4.79 Å². The largest absolute Gasteiger partial charge is 0.480 e. The topological polar surface area (TPSA) is 87.1 Å². The second-order valence-electron chi connectivity index (χ2n) is 3.84. The van der Waals surface area contributed by atoms with Crippen LogP contribution in [-0.2, 0) is 14.3 Å². The number of thioether (sulfide) groups is 1. The highest BCUT2D eigenvalue weighted by Crippen LogP contribution is 2.19. The SMILES string of the molecule is COCCSCC(=O)N1C[C@@H](O)C[C@H]1C(=O)O. The third kappa shape index (κ3) is 4.18. The number of carbonyl (C=O) groups is 2. The Labute approximate surface area is 104 Å². The van der Waals surface area contributed by atoms with Crippen molar-refractivity contribution in [2.24, 2.45) is 0 Å². The first kappa shape index (κ1) is 14.3. The van der Waals surface area contributed by atoms with E-state index in [-0.39, 0.29) is 24.6 Å². The van der Waals surface area contributed by atoms with Crippen molar-refractivity contribution >= 4 is 23.6 Å². The van der Waals surface area contributed by atoms with Crippen LogP contribution in [-0.4, -0.2) is 70.9 Å². The Kier molecular flexibility index (Phi) is 5.73. The molecule has 1 fully saturated rings. The van der Waals surface area contributed by atoms with E-state index >= 15 is 0 Å². The van der Waals surface area contributed by atoms with Gasteiger partial charge in [-0.15, -0.1) is 11.8 Å². The Bertz CT molecular complexity index is 286. The Hall–Kier alpha value is -0.790. The summed E-state index contributed by atoms with van der Waals surface area (Å²) in [6.45, 7) is 0.670. The van der Waals surface area contributed by atoms with E-state index in [0.29, 0.717) is 12.4 Å². The lowest BCUT2D eigenvalue weighted by molar-refractivity contribution is -0.147. The number of carboxylic acids is 1. The molecule has 2 N–H and O–H groups in total. The van der Waals surface area contributed by atoms with Crippen molar-refractivity contribution in [2.45, 2.75) is 18.6 Å². The molecule has 0 aromatic rings. The predicted octanol–water partition coefficient (Wildman–Crippen LogP) is -0.588. The highest BCUT2D eigenvalue weighted by atomic mass is 32.2. The van der Waals surface area contributed by atoms with Gasteiger partial charge in [-0.05, 0) is 0 Å². The number of methoxy groups -OCH3 is 1. The fourth-order valence-electron chi connectivity index (χ4n) is 1.71. The van der Waals surface area contributed by atoms with E-state index < -0.39 is 18.1 Å². The quantitative estimate of drug-likeness (QED) is 0.623. The van der Waals surface area contributed by atoms with Crippen LogP contribution in [0.5, 0.6) is 0 Å². The Morgan fingerprint density at radius 3 is 2.82 bits per heavy atom. The maximum absolute atomic E-state index is 11.8. The summed E-state index contributed by atoms with van der Waals surface area (Å²) in [5.41, 5.74) is 0. The zero-order valence-electron chi connectivity index (χ0n) is 9.66. The standard InChI is InChI=1S/C10H17NO5S/c1-16-2-3-17-6-9(13)11-5-7(12)4-8(11)10(14)15/h7-8,12H,2-6H2,1H3,(H,14,15)/t7-,8-/m0/s1. The molecule has 0 aliphatic carbocycles. The number of carboxylic acid groups (broad SMARTS) is 1. The second-order valence-corrected chi connectivity index (χ2v) is 4.94. The molecular weight excluding hydrogens is 246 g/mol. The van der Waals surface area contributed by atoms with Gasteiger partial charge in [0.2, 0.25) is 5.91 Å². The minimum Gasteiger partial charge on any atom is -0.480 e. The smallest absolute Gasteiger partial charge is 0.326 e. The van der Waals surface area contributed by atoms with Crippen molar-refractivity contribution in [1.29, 1.82) is 0 Å². The molecule has 1 amide bonds. The molecule has 1 aliphatic rings. The molecule has 17 heavy (non-hydrogen) atoms. The number of hydrogen-bond donors (Lipinski definition) is 2. The molecule has 0 bridgehead atoms. The van der Waals surface area contributed by atoms with Gasteiger partial charge < -0.3 is 19.8 Å². The fraction of sp³-hybridized carbons (Fsp3) is 0.800. The van der Waals surface area contributed by atoms with Crippen LogP contribution in [0.1, 0.15) is 6.42 Å². The number of amides is 1. The summed E-state index contributed by atoms with van der Waals surface area (Å²) in [7, 11) is 1.58. The van der Waals surface area contributed by atoms with Crippen molar-refractivity contribution in [3.05, 3.63) is 0 Å². The molecule has 1 saturated heterocycles. The van der Waals surface area contributed by atoms with E-state index in [9.17, 15) is 14.7 Å². The molecule has 7 heteroatoms. The van der Waals surface area contributed by atoms with Gasteiger partial charge in [0.25, 0.3) is 0 Å². The summed E-state index contributed by atoms with van der Waals surface area (Å²) in [6, 6.07) is -0.888. The molecule has 6 nitrogen and oxygen atoms in total. The number of carbonyl (C=O) groups excluding carboxylic acids is 1. The zero-order valence-corrected chi connectivity index (χ0v) is 10.5. The van der Waals surface area contributed by atoms with Crippen LogP contribution in [0.25, 0.3) is 0 Å². The molecule has 1 heterocycles. The highest BCUT2D eigenvalue weighted by Gasteiger charge is 2.38. The Morgan fingerprint density at radius 2 is 2.24 bits per heavy atom. The molecule has 0 spiro atoms. The van der Waals surface area contributed by atoms with Crippen LogP contribution < -0.4 is 0 Å². The van der Waals surface area contributed by atoms with Crippen LogP contribution in [0.3, 0.4) is 0 Å². The van der Waals surface area contributed by atoms with Crippen LogP contribution in [0.2, 0.25) is 0 Å². The number of aliphatic carboxylic acids is 1. The molecular formula is C10H17NO5S. The highest BCUT2D eigenvalue weighted by molar-refractivity contribution is 7.99. The second kappa shape index (κ2) is 6.83. The minimum absolute atomic E-state index is 0.112. The number of aliphatic hydroxyl groups excluding tert-OH is 1. The molecule has 0 saturated carbocycles. The molecule has 98 valence electrons. The van der Waals surface area contributed by atoms with E-state index in [2.05, 4.69) is 0 Å². The van der Waals surface area contributed by atoms with E-state index in [1.54, 1.807) is 7.11 Å².